The number of fused-ring (bicyclic) bond motifs is 8. The maximum atomic E-state index is 15.4. The number of aliphatic hydroxyl groups is 1. The zero-order valence-corrected chi connectivity index (χ0v) is 34.4. The minimum absolute atomic E-state index is 0.0157. The maximum absolute atomic E-state index is 15.4. The SMILES string of the molecule is CC[C@@]1(O)C(=O)OCc2c1cc1n(c2=O)Cc2c-1nc1cc(F)c(C)c3c1c2[C@@H](NC(=O)C1(OCNC(=O)CN(C)C(=O)OC2c4ccccc4-c4ccccc42)CCC1)CC3. The number of aromatic nitrogens is 2. The fraction of sp³-hybridized carbons (Fsp3) is 0.362. The van der Waals surface area contributed by atoms with E-state index in [9.17, 15) is 29.1 Å². The quantitative estimate of drug-likeness (QED) is 0.125. The summed E-state index contributed by atoms with van der Waals surface area (Å²) in [5.74, 6) is -2.13. The van der Waals surface area contributed by atoms with Crippen LogP contribution in [-0.4, -0.2) is 69.4 Å². The molecule has 4 heterocycles. The molecule has 0 saturated heterocycles. The lowest BCUT2D eigenvalue weighted by molar-refractivity contribution is -0.172. The van der Waals surface area contributed by atoms with Gasteiger partial charge >= 0.3 is 12.1 Å². The topological polar surface area (TPSA) is 178 Å². The number of pyridine rings is 2. The number of nitrogens with zero attached hydrogens (tertiary/aromatic N) is 3. The Balaban J connectivity index is 0.859. The molecule has 1 fully saturated rings. The van der Waals surface area contributed by atoms with Gasteiger partial charge in [-0.25, -0.2) is 19.0 Å². The van der Waals surface area contributed by atoms with Crippen molar-refractivity contribution in [3.63, 3.8) is 0 Å². The number of nitrogens with one attached hydrogen (secondary N) is 2. The molecule has 0 radical (unpaired) electrons. The molecule has 5 aliphatic rings. The van der Waals surface area contributed by atoms with Crippen LogP contribution in [0.25, 0.3) is 33.4 Å². The monoisotopic (exact) mass is 841 g/mol. The highest BCUT2D eigenvalue weighted by molar-refractivity contribution is 5.95. The summed E-state index contributed by atoms with van der Waals surface area (Å²) in [5, 5.41) is 18.0. The van der Waals surface area contributed by atoms with Gasteiger partial charge < -0.3 is 39.4 Å². The van der Waals surface area contributed by atoms with Gasteiger partial charge in [0.05, 0.1) is 35.1 Å². The van der Waals surface area contributed by atoms with Crippen molar-refractivity contribution in [2.45, 2.75) is 88.9 Å². The zero-order chi connectivity index (χ0) is 43.2. The lowest BCUT2D eigenvalue weighted by Crippen LogP contribution is -2.56. The highest BCUT2D eigenvalue weighted by Gasteiger charge is 2.48. The van der Waals surface area contributed by atoms with E-state index in [1.54, 1.807) is 19.9 Å². The average Bonchev–Trinajstić information content (AvgIpc) is 3.78. The number of carbonyl (C=O) groups excluding carboxylic acids is 4. The number of cyclic esters (lactones) is 1. The van der Waals surface area contributed by atoms with E-state index >= 15 is 4.39 Å². The first-order chi connectivity index (χ1) is 29.8. The Bertz CT molecular complexity index is 2810. The largest absolute Gasteiger partial charge is 0.458 e. The van der Waals surface area contributed by atoms with Crippen LogP contribution >= 0.6 is 0 Å². The number of hydrogen-bond donors (Lipinski definition) is 3. The number of likely N-dealkylation sites (N-methyl/N-ethyl adjacent to an activating group) is 1. The van der Waals surface area contributed by atoms with Gasteiger partial charge in [0.1, 0.15) is 31.3 Å². The van der Waals surface area contributed by atoms with E-state index in [0.29, 0.717) is 59.1 Å². The third-order valence-electron chi connectivity index (χ3n) is 13.6. The minimum atomic E-state index is -2.02. The summed E-state index contributed by atoms with van der Waals surface area (Å²) in [4.78, 5) is 73.5. The number of benzene rings is 3. The van der Waals surface area contributed by atoms with Crippen LogP contribution in [0.3, 0.4) is 0 Å². The van der Waals surface area contributed by atoms with Crippen LogP contribution in [0.5, 0.6) is 0 Å². The second kappa shape index (κ2) is 14.6. The molecule has 15 heteroatoms. The van der Waals surface area contributed by atoms with E-state index in [1.165, 1.54) is 22.6 Å². The molecule has 3 aromatic carbocycles. The van der Waals surface area contributed by atoms with E-state index < -0.39 is 52.7 Å². The molecule has 2 aliphatic heterocycles. The summed E-state index contributed by atoms with van der Waals surface area (Å²) in [6, 6.07) is 17.9. The summed E-state index contributed by atoms with van der Waals surface area (Å²) in [5.41, 5.74) is 4.22. The van der Waals surface area contributed by atoms with Gasteiger partial charge in [0.2, 0.25) is 5.91 Å². The highest BCUT2D eigenvalue weighted by atomic mass is 19.1. The van der Waals surface area contributed by atoms with E-state index in [1.807, 2.05) is 48.5 Å². The van der Waals surface area contributed by atoms with Gasteiger partial charge in [0.25, 0.3) is 11.5 Å². The molecule has 62 heavy (non-hydrogen) atoms. The number of hydrogen-bond acceptors (Lipinski definition) is 10. The third-order valence-corrected chi connectivity index (χ3v) is 13.6. The predicted molar refractivity (Wildman–Crippen MR) is 222 cm³/mol. The molecule has 2 aromatic heterocycles. The van der Waals surface area contributed by atoms with Crippen molar-refractivity contribution in [1.82, 2.24) is 25.1 Å². The van der Waals surface area contributed by atoms with Crippen molar-refractivity contribution in [3.8, 4) is 22.5 Å². The Morgan fingerprint density at radius 2 is 1.74 bits per heavy atom. The molecule has 14 nitrogen and oxygen atoms in total. The van der Waals surface area contributed by atoms with Crippen LogP contribution in [0.2, 0.25) is 0 Å². The predicted octanol–water partition coefficient (Wildman–Crippen LogP) is 5.48. The Morgan fingerprint density at radius 1 is 1.03 bits per heavy atom. The highest BCUT2D eigenvalue weighted by Crippen LogP contribution is 2.48. The maximum Gasteiger partial charge on any atom is 0.410 e. The summed E-state index contributed by atoms with van der Waals surface area (Å²) in [6.07, 6.45) is 1.15. The Morgan fingerprint density at radius 3 is 2.42 bits per heavy atom. The summed E-state index contributed by atoms with van der Waals surface area (Å²) < 4.78 is 34.3. The summed E-state index contributed by atoms with van der Waals surface area (Å²) in [7, 11) is 1.48. The van der Waals surface area contributed by atoms with E-state index in [-0.39, 0.29) is 49.9 Å². The number of halogens is 1. The zero-order valence-electron chi connectivity index (χ0n) is 34.4. The lowest BCUT2D eigenvalue weighted by Gasteiger charge is -2.41. The van der Waals surface area contributed by atoms with Gasteiger partial charge in [-0.15, -0.1) is 0 Å². The first kappa shape index (κ1) is 39.7. The number of esters is 1. The normalized spacial score (nSPS) is 19.9. The van der Waals surface area contributed by atoms with Crippen LogP contribution in [0.15, 0.2) is 65.5 Å². The average molecular weight is 842 g/mol. The van der Waals surface area contributed by atoms with Crippen LogP contribution in [0.1, 0.15) is 95.7 Å². The van der Waals surface area contributed by atoms with Crippen LogP contribution < -0.4 is 16.2 Å². The summed E-state index contributed by atoms with van der Waals surface area (Å²) in [6.45, 7) is 2.59. The number of amides is 3. The molecule has 2 atom stereocenters. The van der Waals surface area contributed by atoms with E-state index in [0.717, 1.165) is 39.8 Å². The third kappa shape index (κ3) is 5.96. The fourth-order valence-corrected chi connectivity index (χ4v) is 9.94. The molecular weight excluding hydrogens is 798 g/mol. The van der Waals surface area contributed by atoms with Gasteiger partial charge in [0, 0.05) is 40.8 Å². The second-order valence-electron chi connectivity index (χ2n) is 16.9. The van der Waals surface area contributed by atoms with E-state index in [2.05, 4.69) is 10.6 Å². The van der Waals surface area contributed by atoms with Crippen molar-refractivity contribution in [1.29, 1.82) is 0 Å². The number of ether oxygens (including phenoxy) is 3. The molecule has 0 unspecified atom stereocenters. The first-order valence-electron chi connectivity index (χ1n) is 21.0. The first-order valence-corrected chi connectivity index (χ1v) is 21.0. The molecule has 0 spiro atoms. The fourth-order valence-electron chi connectivity index (χ4n) is 9.94. The second-order valence-corrected chi connectivity index (χ2v) is 16.9. The minimum Gasteiger partial charge on any atom is -0.458 e. The van der Waals surface area contributed by atoms with Gasteiger partial charge in [-0.1, -0.05) is 55.5 Å². The smallest absolute Gasteiger partial charge is 0.410 e. The Labute approximate surface area is 355 Å². The standard InChI is InChI=1S/C47H44FN5O9/c1-4-47(59)32-18-36-40-30(20-53(36)42(55)31(32)22-60-44(47)57)39-34(15-14-25-24(2)33(48)19-35(50-40)38(25)39)51-43(56)46(16-9-17-46)61-23-49-37(54)21-52(3)45(58)62-41-28-12-7-5-10-26(28)27-11-6-8-13-29(27)41/h5-8,10-13,18-19,34,41,59H,4,9,14-17,20-23H2,1-3H3,(H,49,54)(H,51,56)/t34-,47-/m0/s1. The molecule has 3 N–H and O–H groups in total. The number of carbonyl (C=O) groups is 4. The molecular formula is C47H44FN5O9. The van der Waals surface area contributed by atoms with Gasteiger partial charge in [-0.05, 0) is 79.3 Å². The summed E-state index contributed by atoms with van der Waals surface area (Å²) >= 11 is 0. The molecule has 3 aliphatic carbocycles. The lowest BCUT2D eigenvalue weighted by atomic mass is 9.77. The Hall–Kier alpha value is -6.45. The number of aryl methyl sites for hydroxylation is 1. The van der Waals surface area contributed by atoms with Crippen LogP contribution in [0, 0.1) is 12.7 Å². The molecule has 3 amide bonds. The van der Waals surface area contributed by atoms with Crippen molar-refractivity contribution in [3.05, 3.63) is 121 Å². The van der Waals surface area contributed by atoms with Crippen molar-refractivity contribution in [2.75, 3.05) is 20.3 Å². The molecule has 1 saturated carbocycles. The van der Waals surface area contributed by atoms with Crippen molar-refractivity contribution in [2.24, 2.45) is 0 Å². The van der Waals surface area contributed by atoms with Gasteiger partial charge in [-0.3, -0.25) is 14.4 Å². The van der Waals surface area contributed by atoms with Crippen LogP contribution in [-0.2, 0) is 53.8 Å². The molecule has 318 valence electrons. The number of rotatable bonds is 9. The van der Waals surface area contributed by atoms with E-state index in [4.69, 9.17) is 19.2 Å². The van der Waals surface area contributed by atoms with Crippen LogP contribution in [0.4, 0.5) is 9.18 Å². The van der Waals surface area contributed by atoms with Gasteiger partial charge in [-0.2, -0.15) is 0 Å². The Kier molecular flexibility index (Phi) is 9.33. The molecule has 5 aromatic rings. The molecule has 0 bridgehead atoms. The van der Waals surface area contributed by atoms with Crippen molar-refractivity contribution >= 4 is 34.8 Å². The molecule has 10 rings (SSSR count). The van der Waals surface area contributed by atoms with Crippen molar-refractivity contribution < 1.29 is 42.9 Å². The van der Waals surface area contributed by atoms with Gasteiger partial charge in [0.15, 0.2) is 11.7 Å².